The topological polar surface area (TPSA) is 27.7 Å². The summed E-state index contributed by atoms with van der Waals surface area (Å²) < 4.78 is 16.7. The maximum Gasteiger partial charge on any atom is 0.107 e. The highest BCUT2D eigenvalue weighted by Gasteiger charge is 2.10. The molecule has 0 bridgehead atoms. The summed E-state index contributed by atoms with van der Waals surface area (Å²) in [6.45, 7) is 2.24. The van der Waals surface area contributed by atoms with Crippen molar-refractivity contribution in [1.82, 2.24) is 0 Å². The number of hydrogen-bond acceptors (Lipinski definition) is 3. The molecule has 39 heavy (non-hydrogen) atoms. The molecule has 0 spiro atoms. The van der Waals surface area contributed by atoms with E-state index in [-0.39, 0.29) is 19.8 Å². The van der Waals surface area contributed by atoms with Crippen molar-refractivity contribution in [1.29, 1.82) is 0 Å². The van der Waals surface area contributed by atoms with Crippen LogP contribution < -0.4 is 0 Å². The molecule has 3 nitrogen and oxygen atoms in total. The van der Waals surface area contributed by atoms with Crippen LogP contribution in [0.1, 0.15) is 16.7 Å². The number of hydrogen-bond donors (Lipinski definition) is 0. The highest BCUT2D eigenvalue weighted by atomic mass is 16.5. The van der Waals surface area contributed by atoms with E-state index in [9.17, 15) is 0 Å². The van der Waals surface area contributed by atoms with Gasteiger partial charge >= 0.3 is 0 Å². The van der Waals surface area contributed by atoms with Gasteiger partial charge in [0.05, 0.1) is 19.8 Å². The van der Waals surface area contributed by atoms with Gasteiger partial charge in [0.2, 0.25) is 0 Å². The highest BCUT2D eigenvalue weighted by Crippen LogP contribution is 2.34. The highest BCUT2D eigenvalue weighted by molar-refractivity contribution is 5.81. The van der Waals surface area contributed by atoms with E-state index < -0.39 is 0 Å². The van der Waals surface area contributed by atoms with Gasteiger partial charge in [-0.3, -0.25) is 0 Å². The van der Waals surface area contributed by atoms with Gasteiger partial charge in [-0.2, -0.15) is 0 Å². The molecule has 0 unspecified atom stereocenters. The Bertz CT molecular complexity index is 1330. The van der Waals surface area contributed by atoms with E-state index in [1.54, 1.807) is 0 Å². The first kappa shape index (κ1) is 27.5. The van der Waals surface area contributed by atoms with Crippen LogP contribution >= 0.6 is 0 Å². The Kier molecular flexibility index (Phi) is 10.1. The van der Waals surface area contributed by atoms with E-state index in [0.717, 1.165) is 50.1 Å². The van der Waals surface area contributed by atoms with Crippen LogP contribution in [0.4, 0.5) is 0 Å². The normalized spacial score (nSPS) is 10.4. The average Bonchev–Trinajstić information content (AvgIpc) is 2.98. The van der Waals surface area contributed by atoms with Crippen LogP contribution in [0.25, 0.3) is 33.4 Å². The zero-order chi connectivity index (χ0) is 27.3. The maximum absolute atomic E-state index is 5.57. The SMILES string of the molecule is C#CCOCc1cccc(-c2cc(-c3cccc(COCC#C)c3)cc(-c3cccc(COCC#C)c3)c2)c1. The summed E-state index contributed by atoms with van der Waals surface area (Å²) in [6, 6.07) is 31.7. The van der Waals surface area contributed by atoms with Crippen molar-refractivity contribution in [2.24, 2.45) is 0 Å². The van der Waals surface area contributed by atoms with E-state index in [4.69, 9.17) is 33.5 Å². The number of terminal acetylenes is 3. The van der Waals surface area contributed by atoms with Crippen molar-refractivity contribution < 1.29 is 14.2 Å². The first-order valence-corrected chi connectivity index (χ1v) is 12.7. The molecule has 4 aromatic rings. The molecule has 0 amide bonds. The minimum absolute atomic E-state index is 0.284. The van der Waals surface area contributed by atoms with E-state index in [0.29, 0.717) is 19.8 Å². The van der Waals surface area contributed by atoms with Crippen LogP contribution in [0.3, 0.4) is 0 Å². The van der Waals surface area contributed by atoms with E-state index in [1.807, 2.05) is 36.4 Å². The van der Waals surface area contributed by atoms with Crippen LogP contribution in [0.15, 0.2) is 91.0 Å². The molecular formula is C36H30O3. The number of rotatable bonds is 12. The van der Waals surface area contributed by atoms with E-state index >= 15 is 0 Å². The Hall–Kier alpha value is -4.56. The average molecular weight is 511 g/mol. The van der Waals surface area contributed by atoms with Crippen molar-refractivity contribution >= 4 is 0 Å². The molecule has 0 fully saturated rings. The minimum Gasteiger partial charge on any atom is -0.364 e. The standard InChI is InChI=1S/C36H30O3/c1-4-16-37-25-28-10-7-13-31(19-28)34-22-35(32-14-8-11-29(20-32)26-38-17-5-2)24-36(23-34)33-15-9-12-30(21-33)27-39-18-6-3/h1-3,7-15,19-24H,16-18,25-27H2. The van der Waals surface area contributed by atoms with Crippen molar-refractivity contribution in [3.05, 3.63) is 108 Å². The molecule has 192 valence electrons. The third kappa shape index (κ3) is 7.96. The minimum atomic E-state index is 0.284. The van der Waals surface area contributed by atoms with Gasteiger partial charge < -0.3 is 14.2 Å². The van der Waals surface area contributed by atoms with E-state index in [1.165, 1.54) is 0 Å². The Balaban J connectivity index is 1.75. The van der Waals surface area contributed by atoms with Gasteiger partial charge in [0.1, 0.15) is 19.8 Å². The van der Waals surface area contributed by atoms with Crippen molar-refractivity contribution in [2.45, 2.75) is 19.8 Å². The van der Waals surface area contributed by atoms with Gasteiger partial charge in [-0.25, -0.2) is 0 Å². The van der Waals surface area contributed by atoms with Crippen LogP contribution in [0, 0.1) is 37.0 Å². The van der Waals surface area contributed by atoms with Crippen molar-refractivity contribution in [3.8, 4) is 70.4 Å². The quantitative estimate of drug-likeness (QED) is 0.150. The maximum atomic E-state index is 5.57. The third-order valence-corrected chi connectivity index (χ3v) is 6.08. The predicted octanol–water partition coefficient (Wildman–Crippen LogP) is 7.14. The second kappa shape index (κ2) is 14.4. The first-order chi connectivity index (χ1) is 19.2. The summed E-state index contributed by atoms with van der Waals surface area (Å²) in [5.41, 5.74) is 9.80. The lowest BCUT2D eigenvalue weighted by Gasteiger charge is -2.14. The predicted molar refractivity (Wildman–Crippen MR) is 158 cm³/mol. The molecule has 0 heterocycles. The largest absolute Gasteiger partial charge is 0.364 e. The summed E-state index contributed by atoms with van der Waals surface area (Å²) in [4.78, 5) is 0. The van der Waals surface area contributed by atoms with Gasteiger partial charge in [-0.1, -0.05) is 72.4 Å². The molecule has 0 aliphatic carbocycles. The molecular weight excluding hydrogens is 480 g/mol. The Morgan fingerprint density at radius 2 is 0.718 bits per heavy atom. The lowest BCUT2D eigenvalue weighted by Crippen LogP contribution is -1.95. The number of ether oxygens (including phenoxy) is 3. The van der Waals surface area contributed by atoms with Gasteiger partial charge in [0, 0.05) is 0 Å². The summed E-state index contributed by atoms with van der Waals surface area (Å²) in [5.74, 6) is 7.55. The van der Waals surface area contributed by atoms with Gasteiger partial charge in [0.15, 0.2) is 0 Å². The van der Waals surface area contributed by atoms with Gasteiger partial charge in [-0.15, -0.1) is 19.3 Å². The third-order valence-electron chi connectivity index (χ3n) is 6.08. The summed E-state index contributed by atoms with van der Waals surface area (Å²) in [5, 5.41) is 0. The second-order valence-corrected chi connectivity index (χ2v) is 8.99. The molecule has 0 aliphatic rings. The molecule has 0 atom stereocenters. The first-order valence-electron chi connectivity index (χ1n) is 12.7. The summed E-state index contributed by atoms with van der Waals surface area (Å²) in [7, 11) is 0. The van der Waals surface area contributed by atoms with Crippen LogP contribution in [-0.4, -0.2) is 19.8 Å². The molecule has 0 N–H and O–H groups in total. The van der Waals surface area contributed by atoms with E-state index in [2.05, 4.69) is 72.4 Å². The molecule has 0 saturated carbocycles. The van der Waals surface area contributed by atoms with Crippen LogP contribution in [0.5, 0.6) is 0 Å². The lowest BCUT2D eigenvalue weighted by atomic mass is 9.92. The summed E-state index contributed by atoms with van der Waals surface area (Å²) in [6.07, 6.45) is 16.0. The molecule has 3 heteroatoms. The lowest BCUT2D eigenvalue weighted by molar-refractivity contribution is 0.153. The Morgan fingerprint density at radius 3 is 1.00 bits per heavy atom. The zero-order valence-corrected chi connectivity index (χ0v) is 21.9. The molecule has 0 saturated heterocycles. The van der Waals surface area contributed by atoms with Crippen LogP contribution in [0.2, 0.25) is 0 Å². The molecule has 0 radical (unpaired) electrons. The molecule has 4 rings (SSSR count). The van der Waals surface area contributed by atoms with Crippen molar-refractivity contribution in [3.63, 3.8) is 0 Å². The smallest absolute Gasteiger partial charge is 0.107 e. The van der Waals surface area contributed by atoms with Crippen molar-refractivity contribution in [2.75, 3.05) is 19.8 Å². The number of benzene rings is 4. The van der Waals surface area contributed by atoms with Crippen LogP contribution in [-0.2, 0) is 34.0 Å². The summed E-state index contributed by atoms with van der Waals surface area (Å²) >= 11 is 0. The molecule has 0 aromatic heterocycles. The fourth-order valence-electron chi connectivity index (χ4n) is 4.33. The fraction of sp³-hybridized carbons (Fsp3) is 0.167. The Morgan fingerprint density at radius 1 is 0.410 bits per heavy atom. The monoisotopic (exact) mass is 510 g/mol. The second-order valence-electron chi connectivity index (χ2n) is 8.99. The Labute approximate surface area is 231 Å². The van der Waals surface area contributed by atoms with Gasteiger partial charge in [0.25, 0.3) is 0 Å². The zero-order valence-electron chi connectivity index (χ0n) is 21.9. The fourth-order valence-corrected chi connectivity index (χ4v) is 4.33. The molecule has 4 aromatic carbocycles. The molecule has 0 aliphatic heterocycles. The van der Waals surface area contributed by atoms with Gasteiger partial charge in [-0.05, 0) is 86.5 Å².